The molecule has 104 valence electrons. The van der Waals surface area contributed by atoms with Crippen molar-refractivity contribution in [2.45, 2.75) is 51.1 Å². The summed E-state index contributed by atoms with van der Waals surface area (Å²) in [5.74, 6) is 0.786. The van der Waals surface area contributed by atoms with Crippen LogP contribution in [0.3, 0.4) is 0 Å². The van der Waals surface area contributed by atoms with Crippen molar-refractivity contribution in [1.82, 2.24) is 10.2 Å². The van der Waals surface area contributed by atoms with Crippen LogP contribution in [0.2, 0.25) is 0 Å². The lowest BCUT2D eigenvalue weighted by atomic mass is 9.77. The molecule has 2 aliphatic rings. The molecule has 1 N–H and O–H groups in total. The molecule has 0 spiro atoms. The normalized spacial score (nSPS) is 30.7. The SMILES string of the molecule is CCNC1CCN(CC2Cc3ccccc32)C(C)C1. The molecule has 1 fully saturated rings. The standard InChI is InChI=1S/C17H26N2/c1-3-18-16-8-9-19(13(2)10-16)12-15-11-14-6-4-5-7-17(14)15/h4-7,13,15-16,18H,3,8-12H2,1-2H3. The summed E-state index contributed by atoms with van der Waals surface area (Å²) in [4.78, 5) is 2.70. The van der Waals surface area contributed by atoms with Crippen molar-refractivity contribution in [3.05, 3.63) is 35.4 Å². The van der Waals surface area contributed by atoms with Crippen LogP contribution in [0, 0.1) is 0 Å². The maximum atomic E-state index is 3.61. The first-order valence-corrected chi connectivity index (χ1v) is 7.83. The van der Waals surface area contributed by atoms with Gasteiger partial charge >= 0.3 is 0 Å². The minimum Gasteiger partial charge on any atom is -0.314 e. The summed E-state index contributed by atoms with van der Waals surface area (Å²) < 4.78 is 0. The highest BCUT2D eigenvalue weighted by Gasteiger charge is 2.31. The van der Waals surface area contributed by atoms with E-state index in [2.05, 4.69) is 48.3 Å². The molecule has 0 aromatic heterocycles. The zero-order chi connectivity index (χ0) is 13.2. The molecule has 2 heteroatoms. The molecule has 3 atom stereocenters. The summed E-state index contributed by atoms with van der Waals surface area (Å²) in [6.45, 7) is 8.23. The number of benzene rings is 1. The first-order chi connectivity index (χ1) is 9.28. The maximum Gasteiger partial charge on any atom is 0.00939 e. The smallest absolute Gasteiger partial charge is 0.00939 e. The summed E-state index contributed by atoms with van der Waals surface area (Å²) >= 11 is 0. The summed E-state index contributed by atoms with van der Waals surface area (Å²) in [6.07, 6.45) is 3.91. The second kappa shape index (κ2) is 5.64. The summed E-state index contributed by atoms with van der Waals surface area (Å²) in [5.41, 5.74) is 3.17. The molecule has 1 aliphatic heterocycles. The number of nitrogens with one attached hydrogen (secondary N) is 1. The molecule has 1 heterocycles. The van der Waals surface area contributed by atoms with Crippen molar-refractivity contribution in [1.29, 1.82) is 0 Å². The van der Waals surface area contributed by atoms with Gasteiger partial charge in [0, 0.05) is 24.5 Å². The van der Waals surface area contributed by atoms with Gasteiger partial charge in [-0.05, 0) is 50.4 Å². The summed E-state index contributed by atoms with van der Waals surface area (Å²) in [7, 11) is 0. The predicted octanol–water partition coefficient (Wildman–Crippen LogP) is 2.79. The summed E-state index contributed by atoms with van der Waals surface area (Å²) in [5, 5.41) is 3.61. The van der Waals surface area contributed by atoms with Crippen molar-refractivity contribution >= 4 is 0 Å². The first-order valence-electron chi connectivity index (χ1n) is 7.83. The largest absolute Gasteiger partial charge is 0.314 e. The monoisotopic (exact) mass is 258 g/mol. The molecule has 1 aromatic carbocycles. The molecule has 1 aromatic rings. The topological polar surface area (TPSA) is 15.3 Å². The maximum absolute atomic E-state index is 3.61. The van der Waals surface area contributed by atoms with E-state index in [-0.39, 0.29) is 0 Å². The van der Waals surface area contributed by atoms with Crippen LogP contribution in [-0.2, 0) is 6.42 Å². The lowest BCUT2D eigenvalue weighted by molar-refractivity contribution is 0.125. The average molecular weight is 258 g/mol. The van der Waals surface area contributed by atoms with Gasteiger partial charge in [0.15, 0.2) is 0 Å². The Morgan fingerprint density at radius 2 is 2.16 bits per heavy atom. The number of rotatable bonds is 4. The van der Waals surface area contributed by atoms with Gasteiger partial charge in [-0.2, -0.15) is 0 Å². The number of piperidine rings is 1. The molecule has 0 radical (unpaired) electrons. The highest BCUT2D eigenvalue weighted by molar-refractivity contribution is 5.40. The van der Waals surface area contributed by atoms with Crippen molar-refractivity contribution in [3.63, 3.8) is 0 Å². The molecule has 1 aliphatic carbocycles. The predicted molar refractivity (Wildman–Crippen MR) is 80.6 cm³/mol. The number of hydrogen-bond acceptors (Lipinski definition) is 2. The van der Waals surface area contributed by atoms with E-state index >= 15 is 0 Å². The van der Waals surface area contributed by atoms with E-state index in [0.717, 1.165) is 24.5 Å². The van der Waals surface area contributed by atoms with Crippen molar-refractivity contribution in [2.24, 2.45) is 0 Å². The molecule has 3 unspecified atom stereocenters. The Morgan fingerprint density at radius 3 is 2.89 bits per heavy atom. The third-order valence-corrected chi connectivity index (χ3v) is 4.92. The molecular formula is C17H26N2. The van der Waals surface area contributed by atoms with Gasteiger partial charge < -0.3 is 5.32 Å². The second-order valence-electron chi connectivity index (χ2n) is 6.22. The van der Waals surface area contributed by atoms with Crippen LogP contribution in [-0.4, -0.2) is 36.6 Å². The molecule has 0 bridgehead atoms. The van der Waals surface area contributed by atoms with Gasteiger partial charge in [-0.25, -0.2) is 0 Å². The van der Waals surface area contributed by atoms with Gasteiger partial charge in [-0.15, -0.1) is 0 Å². The van der Waals surface area contributed by atoms with Crippen molar-refractivity contribution in [3.8, 4) is 0 Å². The Kier molecular flexibility index (Phi) is 3.90. The second-order valence-corrected chi connectivity index (χ2v) is 6.22. The van der Waals surface area contributed by atoms with Crippen LogP contribution < -0.4 is 5.32 Å². The van der Waals surface area contributed by atoms with E-state index in [1.54, 1.807) is 11.1 Å². The third kappa shape index (κ3) is 2.70. The Morgan fingerprint density at radius 1 is 1.32 bits per heavy atom. The van der Waals surface area contributed by atoms with Crippen LogP contribution in [0.5, 0.6) is 0 Å². The van der Waals surface area contributed by atoms with Gasteiger partial charge in [-0.3, -0.25) is 4.90 Å². The zero-order valence-electron chi connectivity index (χ0n) is 12.2. The van der Waals surface area contributed by atoms with Crippen LogP contribution in [0.4, 0.5) is 0 Å². The minimum absolute atomic E-state index is 0.727. The van der Waals surface area contributed by atoms with E-state index in [0.29, 0.717) is 0 Å². The van der Waals surface area contributed by atoms with Crippen LogP contribution in [0.25, 0.3) is 0 Å². The number of likely N-dealkylation sites (tertiary alicyclic amines) is 1. The van der Waals surface area contributed by atoms with E-state index in [4.69, 9.17) is 0 Å². The van der Waals surface area contributed by atoms with E-state index in [9.17, 15) is 0 Å². The Labute approximate surface area is 117 Å². The molecule has 1 saturated heterocycles. The van der Waals surface area contributed by atoms with Crippen LogP contribution >= 0.6 is 0 Å². The molecule has 19 heavy (non-hydrogen) atoms. The Bertz CT molecular complexity index is 429. The number of nitrogens with zero attached hydrogens (tertiary/aromatic N) is 1. The van der Waals surface area contributed by atoms with E-state index < -0.39 is 0 Å². The lowest BCUT2D eigenvalue weighted by Crippen LogP contribution is -2.49. The molecular weight excluding hydrogens is 232 g/mol. The molecule has 3 rings (SSSR count). The van der Waals surface area contributed by atoms with Crippen molar-refractivity contribution in [2.75, 3.05) is 19.6 Å². The number of fused-ring (bicyclic) bond motifs is 1. The fraction of sp³-hybridized carbons (Fsp3) is 0.647. The van der Waals surface area contributed by atoms with Gasteiger partial charge in [0.1, 0.15) is 0 Å². The molecule has 2 nitrogen and oxygen atoms in total. The Hall–Kier alpha value is -0.860. The summed E-state index contributed by atoms with van der Waals surface area (Å²) in [6, 6.07) is 10.4. The fourth-order valence-electron chi connectivity index (χ4n) is 3.77. The third-order valence-electron chi connectivity index (χ3n) is 4.92. The van der Waals surface area contributed by atoms with Gasteiger partial charge in [0.05, 0.1) is 0 Å². The lowest BCUT2D eigenvalue weighted by Gasteiger charge is -2.42. The molecule has 0 amide bonds. The van der Waals surface area contributed by atoms with Crippen molar-refractivity contribution < 1.29 is 0 Å². The van der Waals surface area contributed by atoms with Crippen LogP contribution in [0.15, 0.2) is 24.3 Å². The highest BCUT2D eigenvalue weighted by Crippen LogP contribution is 2.36. The number of hydrogen-bond donors (Lipinski definition) is 1. The average Bonchev–Trinajstić information content (AvgIpc) is 2.38. The van der Waals surface area contributed by atoms with E-state index in [1.807, 2.05) is 0 Å². The van der Waals surface area contributed by atoms with Gasteiger partial charge in [0.2, 0.25) is 0 Å². The quantitative estimate of drug-likeness (QED) is 0.893. The fourth-order valence-corrected chi connectivity index (χ4v) is 3.77. The molecule has 0 saturated carbocycles. The zero-order valence-corrected chi connectivity index (χ0v) is 12.2. The first kappa shape index (κ1) is 13.1. The minimum atomic E-state index is 0.727. The van der Waals surface area contributed by atoms with E-state index in [1.165, 1.54) is 32.4 Å². The van der Waals surface area contributed by atoms with Crippen LogP contribution in [0.1, 0.15) is 43.7 Å². The van der Waals surface area contributed by atoms with Gasteiger partial charge in [-0.1, -0.05) is 31.2 Å². The van der Waals surface area contributed by atoms with Gasteiger partial charge in [0.25, 0.3) is 0 Å². The Balaban J connectivity index is 1.55. The highest BCUT2D eigenvalue weighted by atomic mass is 15.2.